The molecule has 0 spiro atoms. The van der Waals surface area contributed by atoms with Gasteiger partial charge in [-0.3, -0.25) is 4.79 Å². The maximum Gasteiger partial charge on any atom is 0.277 e. The van der Waals surface area contributed by atoms with Crippen molar-refractivity contribution in [3.63, 3.8) is 0 Å². The number of hydrogen-bond donors (Lipinski definition) is 1. The summed E-state index contributed by atoms with van der Waals surface area (Å²) in [5.74, 6) is 0.928. The number of nitrogens with zero attached hydrogens (tertiary/aromatic N) is 4. The minimum Gasteiger partial charge on any atom is -0.508 e. The van der Waals surface area contributed by atoms with Crippen molar-refractivity contribution in [3.8, 4) is 17.2 Å². The Bertz CT molecular complexity index is 987. The number of amides is 1. The number of anilines is 1. The van der Waals surface area contributed by atoms with Crippen LogP contribution in [0.4, 0.5) is 5.69 Å². The first kappa shape index (κ1) is 19.6. The Morgan fingerprint density at radius 2 is 1.86 bits per heavy atom. The van der Waals surface area contributed by atoms with Crippen LogP contribution in [-0.4, -0.2) is 58.0 Å². The van der Waals surface area contributed by atoms with Crippen molar-refractivity contribution in [3.05, 3.63) is 53.6 Å². The van der Waals surface area contributed by atoms with Gasteiger partial charge in [0.15, 0.2) is 0 Å². The molecule has 0 bridgehead atoms. The predicted molar refractivity (Wildman–Crippen MR) is 112 cm³/mol. The molecule has 1 aromatic heterocycles. The van der Waals surface area contributed by atoms with Crippen molar-refractivity contribution >= 4 is 35.0 Å². The van der Waals surface area contributed by atoms with E-state index in [-0.39, 0.29) is 17.4 Å². The van der Waals surface area contributed by atoms with Crippen LogP contribution in [0.25, 0.3) is 11.5 Å². The molecule has 2 aromatic carbocycles. The van der Waals surface area contributed by atoms with Crippen molar-refractivity contribution in [2.24, 2.45) is 0 Å². The smallest absolute Gasteiger partial charge is 0.277 e. The standard InChI is InChI=1S/C20H19ClN4O3S/c21-15-6-4-14(5-7-15)19-22-23-20(28-19)29-13-18(27)25-10-8-24(9-11-25)16-2-1-3-17(26)12-16/h1-7,12,26H,8-11,13H2. The van der Waals surface area contributed by atoms with E-state index in [9.17, 15) is 9.90 Å². The zero-order valence-electron chi connectivity index (χ0n) is 15.5. The largest absolute Gasteiger partial charge is 0.508 e. The van der Waals surface area contributed by atoms with Gasteiger partial charge in [-0.25, -0.2) is 0 Å². The fraction of sp³-hybridized carbons (Fsp3) is 0.250. The van der Waals surface area contributed by atoms with Gasteiger partial charge in [0, 0.05) is 48.5 Å². The average Bonchev–Trinajstić information content (AvgIpc) is 3.22. The normalized spacial score (nSPS) is 14.2. The number of aromatic hydroxyl groups is 1. The minimum atomic E-state index is 0.0387. The SMILES string of the molecule is O=C(CSc1nnc(-c2ccc(Cl)cc2)o1)N1CCN(c2cccc(O)c2)CC1. The molecule has 0 aliphatic carbocycles. The molecule has 1 amide bonds. The molecule has 1 aliphatic rings. The number of benzene rings is 2. The molecule has 1 fully saturated rings. The summed E-state index contributed by atoms with van der Waals surface area (Å²) in [5, 5.41) is 18.7. The first-order valence-electron chi connectivity index (χ1n) is 9.12. The van der Waals surface area contributed by atoms with Gasteiger partial charge in [0.25, 0.3) is 5.22 Å². The summed E-state index contributed by atoms with van der Waals surface area (Å²) in [6.45, 7) is 2.71. The Hall–Kier alpha value is -2.71. The summed E-state index contributed by atoms with van der Waals surface area (Å²) in [5.41, 5.74) is 1.75. The molecule has 150 valence electrons. The number of phenolic OH excluding ortho intramolecular Hbond substituents is 1. The van der Waals surface area contributed by atoms with Crippen LogP contribution in [0, 0.1) is 0 Å². The number of hydrogen-bond acceptors (Lipinski definition) is 7. The van der Waals surface area contributed by atoms with Crippen molar-refractivity contribution < 1.29 is 14.3 Å². The monoisotopic (exact) mass is 430 g/mol. The summed E-state index contributed by atoms with van der Waals surface area (Å²) >= 11 is 7.12. The average molecular weight is 431 g/mol. The van der Waals surface area contributed by atoms with Crippen LogP contribution in [0.1, 0.15) is 0 Å². The lowest BCUT2D eigenvalue weighted by Gasteiger charge is -2.36. The lowest BCUT2D eigenvalue weighted by molar-refractivity contribution is -0.128. The molecule has 7 nitrogen and oxygen atoms in total. The Morgan fingerprint density at radius 3 is 2.59 bits per heavy atom. The fourth-order valence-electron chi connectivity index (χ4n) is 3.10. The van der Waals surface area contributed by atoms with E-state index in [0.717, 1.165) is 24.3 Å². The molecule has 1 saturated heterocycles. The van der Waals surface area contributed by atoms with E-state index in [0.29, 0.717) is 29.2 Å². The van der Waals surface area contributed by atoms with E-state index in [4.69, 9.17) is 16.0 Å². The predicted octanol–water partition coefficient (Wildman–Crippen LogP) is 3.54. The fourth-order valence-corrected chi connectivity index (χ4v) is 3.89. The summed E-state index contributed by atoms with van der Waals surface area (Å²) in [4.78, 5) is 16.5. The molecule has 4 rings (SSSR count). The summed E-state index contributed by atoms with van der Waals surface area (Å²) in [6.07, 6.45) is 0. The molecule has 0 atom stereocenters. The molecule has 2 heterocycles. The molecule has 0 radical (unpaired) electrons. The Balaban J connectivity index is 1.28. The number of phenols is 1. The van der Waals surface area contributed by atoms with Crippen molar-refractivity contribution in [1.82, 2.24) is 15.1 Å². The van der Waals surface area contributed by atoms with Gasteiger partial charge in [0.1, 0.15) is 5.75 Å². The third kappa shape index (κ3) is 4.83. The quantitative estimate of drug-likeness (QED) is 0.620. The topological polar surface area (TPSA) is 82.7 Å². The van der Waals surface area contributed by atoms with Gasteiger partial charge in [-0.1, -0.05) is 29.4 Å². The van der Waals surface area contributed by atoms with Gasteiger partial charge in [0.05, 0.1) is 5.75 Å². The van der Waals surface area contributed by atoms with Gasteiger partial charge in [-0.15, -0.1) is 10.2 Å². The third-order valence-corrected chi connectivity index (χ3v) is 5.70. The van der Waals surface area contributed by atoms with E-state index in [1.807, 2.05) is 17.0 Å². The molecule has 3 aromatic rings. The van der Waals surface area contributed by atoms with Crippen molar-refractivity contribution in [2.75, 3.05) is 36.8 Å². The molecule has 9 heteroatoms. The molecule has 1 aliphatic heterocycles. The number of thioether (sulfide) groups is 1. The lowest BCUT2D eigenvalue weighted by atomic mass is 10.2. The second kappa shape index (κ2) is 8.75. The summed E-state index contributed by atoms with van der Waals surface area (Å²) in [6, 6.07) is 14.3. The molecular formula is C20H19ClN4O3S. The number of aromatic nitrogens is 2. The highest BCUT2D eigenvalue weighted by Crippen LogP contribution is 2.25. The molecular weight excluding hydrogens is 412 g/mol. The highest BCUT2D eigenvalue weighted by molar-refractivity contribution is 7.99. The Kier molecular flexibility index (Phi) is 5.92. The summed E-state index contributed by atoms with van der Waals surface area (Å²) < 4.78 is 5.63. The molecule has 0 saturated carbocycles. The lowest BCUT2D eigenvalue weighted by Crippen LogP contribution is -2.49. The van der Waals surface area contributed by atoms with Gasteiger partial charge in [-0.05, 0) is 36.4 Å². The molecule has 29 heavy (non-hydrogen) atoms. The maximum absolute atomic E-state index is 12.5. The van der Waals surface area contributed by atoms with E-state index in [1.165, 1.54) is 11.8 Å². The highest BCUT2D eigenvalue weighted by atomic mass is 35.5. The van der Waals surface area contributed by atoms with Crippen LogP contribution in [0.3, 0.4) is 0 Å². The van der Waals surface area contributed by atoms with Gasteiger partial charge < -0.3 is 19.3 Å². The van der Waals surface area contributed by atoms with Crippen LogP contribution >= 0.6 is 23.4 Å². The van der Waals surface area contributed by atoms with Gasteiger partial charge >= 0.3 is 0 Å². The number of halogens is 1. The third-order valence-electron chi connectivity index (χ3n) is 4.64. The zero-order valence-corrected chi connectivity index (χ0v) is 17.1. The number of carbonyl (C=O) groups excluding carboxylic acids is 1. The van der Waals surface area contributed by atoms with E-state index in [2.05, 4.69) is 15.1 Å². The van der Waals surface area contributed by atoms with Crippen LogP contribution in [0.2, 0.25) is 5.02 Å². The first-order valence-corrected chi connectivity index (χ1v) is 10.5. The first-order chi connectivity index (χ1) is 14.1. The van der Waals surface area contributed by atoms with Crippen LogP contribution in [0.15, 0.2) is 58.2 Å². The second-order valence-electron chi connectivity index (χ2n) is 6.56. The Labute approximate surface area is 177 Å². The molecule has 1 N–H and O–H groups in total. The minimum absolute atomic E-state index is 0.0387. The van der Waals surface area contributed by atoms with Crippen LogP contribution in [-0.2, 0) is 4.79 Å². The second-order valence-corrected chi connectivity index (χ2v) is 7.92. The number of piperazine rings is 1. The van der Waals surface area contributed by atoms with E-state index < -0.39 is 0 Å². The summed E-state index contributed by atoms with van der Waals surface area (Å²) in [7, 11) is 0. The van der Waals surface area contributed by atoms with Crippen molar-refractivity contribution in [1.29, 1.82) is 0 Å². The van der Waals surface area contributed by atoms with Crippen LogP contribution < -0.4 is 4.90 Å². The van der Waals surface area contributed by atoms with Gasteiger partial charge in [-0.2, -0.15) is 0 Å². The van der Waals surface area contributed by atoms with E-state index in [1.54, 1.807) is 36.4 Å². The van der Waals surface area contributed by atoms with E-state index >= 15 is 0 Å². The van der Waals surface area contributed by atoms with Crippen LogP contribution in [0.5, 0.6) is 5.75 Å². The molecule has 0 unspecified atom stereocenters. The number of carbonyl (C=O) groups is 1. The maximum atomic E-state index is 12.5. The number of rotatable bonds is 5. The Morgan fingerprint density at radius 1 is 1.10 bits per heavy atom. The van der Waals surface area contributed by atoms with Gasteiger partial charge in [0.2, 0.25) is 11.8 Å². The zero-order chi connectivity index (χ0) is 20.2. The van der Waals surface area contributed by atoms with Crippen molar-refractivity contribution in [2.45, 2.75) is 5.22 Å². The highest BCUT2D eigenvalue weighted by Gasteiger charge is 2.22.